The van der Waals surface area contributed by atoms with Crippen LogP contribution in [0.3, 0.4) is 0 Å². The standard InChI is InChI=1S/C15H23N3O/c1-16-15(19)12-6-5-7-13(10-12)17-11-14-8-3-4-9-18(14)2/h5-7,10,14,17H,3-4,8-9,11H2,1-2H3,(H,16,19). The number of nitrogens with zero attached hydrogens (tertiary/aromatic N) is 1. The highest BCUT2D eigenvalue weighted by Gasteiger charge is 2.18. The van der Waals surface area contributed by atoms with E-state index in [1.54, 1.807) is 7.05 Å². The summed E-state index contributed by atoms with van der Waals surface area (Å²) in [6, 6.07) is 8.25. The molecule has 0 aromatic heterocycles. The molecule has 0 radical (unpaired) electrons. The number of piperidine rings is 1. The third kappa shape index (κ3) is 3.70. The summed E-state index contributed by atoms with van der Waals surface area (Å²) in [5, 5.41) is 6.09. The molecular weight excluding hydrogens is 238 g/mol. The largest absolute Gasteiger partial charge is 0.383 e. The van der Waals surface area contributed by atoms with Crippen LogP contribution < -0.4 is 10.6 Å². The molecule has 19 heavy (non-hydrogen) atoms. The molecule has 4 nitrogen and oxygen atoms in total. The minimum Gasteiger partial charge on any atom is -0.383 e. The van der Waals surface area contributed by atoms with Gasteiger partial charge in [0, 0.05) is 30.9 Å². The molecule has 2 N–H and O–H groups in total. The highest BCUT2D eigenvalue weighted by molar-refractivity contribution is 5.94. The van der Waals surface area contributed by atoms with E-state index in [0.29, 0.717) is 11.6 Å². The predicted molar refractivity (Wildman–Crippen MR) is 78.6 cm³/mol. The molecule has 1 unspecified atom stereocenters. The smallest absolute Gasteiger partial charge is 0.251 e. The van der Waals surface area contributed by atoms with Crippen molar-refractivity contribution in [3.63, 3.8) is 0 Å². The van der Waals surface area contributed by atoms with Crippen LogP contribution in [0, 0.1) is 0 Å². The average Bonchev–Trinajstić information content (AvgIpc) is 2.46. The Balaban J connectivity index is 1.93. The second-order valence-corrected chi connectivity index (χ2v) is 5.17. The van der Waals surface area contributed by atoms with Crippen LogP contribution in [0.15, 0.2) is 24.3 Å². The summed E-state index contributed by atoms with van der Waals surface area (Å²) >= 11 is 0. The van der Waals surface area contributed by atoms with Crippen LogP contribution in [-0.2, 0) is 0 Å². The van der Waals surface area contributed by atoms with Gasteiger partial charge in [-0.2, -0.15) is 0 Å². The maximum atomic E-state index is 11.6. The van der Waals surface area contributed by atoms with Crippen LogP contribution in [0.25, 0.3) is 0 Å². The SMILES string of the molecule is CNC(=O)c1cccc(NCC2CCCCN2C)c1. The van der Waals surface area contributed by atoms with Crippen molar-refractivity contribution in [1.82, 2.24) is 10.2 Å². The summed E-state index contributed by atoms with van der Waals surface area (Å²) in [5.41, 5.74) is 1.71. The van der Waals surface area contributed by atoms with Crippen molar-refractivity contribution >= 4 is 11.6 Å². The molecule has 104 valence electrons. The van der Waals surface area contributed by atoms with Gasteiger partial charge >= 0.3 is 0 Å². The minimum absolute atomic E-state index is 0.0431. The lowest BCUT2D eigenvalue weighted by atomic mass is 10.0. The molecule has 1 aliphatic rings. The van der Waals surface area contributed by atoms with E-state index in [9.17, 15) is 4.79 Å². The quantitative estimate of drug-likeness (QED) is 0.870. The lowest BCUT2D eigenvalue weighted by Crippen LogP contribution is -2.40. The Morgan fingerprint density at radius 2 is 2.26 bits per heavy atom. The second-order valence-electron chi connectivity index (χ2n) is 5.17. The molecule has 1 heterocycles. The van der Waals surface area contributed by atoms with E-state index in [1.807, 2.05) is 24.3 Å². The summed E-state index contributed by atoms with van der Waals surface area (Å²) < 4.78 is 0. The number of likely N-dealkylation sites (N-methyl/N-ethyl adjacent to an activating group) is 1. The molecule has 1 aliphatic heterocycles. The van der Waals surface area contributed by atoms with E-state index < -0.39 is 0 Å². The number of anilines is 1. The molecule has 0 saturated carbocycles. The summed E-state index contributed by atoms with van der Waals surface area (Å²) in [6.45, 7) is 2.12. The van der Waals surface area contributed by atoms with Crippen LogP contribution in [0.1, 0.15) is 29.6 Å². The van der Waals surface area contributed by atoms with Crippen LogP contribution in [0.2, 0.25) is 0 Å². The first-order chi connectivity index (χ1) is 9.20. The van der Waals surface area contributed by atoms with E-state index in [0.717, 1.165) is 12.2 Å². The number of likely N-dealkylation sites (tertiary alicyclic amines) is 1. The number of carbonyl (C=O) groups is 1. The molecule has 0 spiro atoms. The Hall–Kier alpha value is -1.55. The van der Waals surface area contributed by atoms with Crippen molar-refractivity contribution in [3.05, 3.63) is 29.8 Å². The van der Waals surface area contributed by atoms with E-state index >= 15 is 0 Å². The van der Waals surface area contributed by atoms with Gasteiger partial charge in [-0.25, -0.2) is 0 Å². The van der Waals surface area contributed by atoms with Gasteiger partial charge in [-0.15, -0.1) is 0 Å². The van der Waals surface area contributed by atoms with Gasteiger partial charge in [0.1, 0.15) is 0 Å². The highest BCUT2D eigenvalue weighted by Crippen LogP contribution is 2.16. The number of benzene rings is 1. The summed E-state index contributed by atoms with van der Waals surface area (Å²) in [7, 11) is 3.84. The Kier molecular flexibility index (Phi) is 4.80. The van der Waals surface area contributed by atoms with Gasteiger partial charge in [-0.3, -0.25) is 4.79 Å². The van der Waals surface area contributed by atoms with Gasteiger partial charge in [0.2, 0.25) is 0 Å². The first kappa shape index (κ1) is 13.9. The van der Waals surface area contributed by atoms with Crippen LogP contribution in [0.5, 0.6) is 0 Å². The molecule has 0 aliphatic carbocycles. The average molecular weight is 261 g/mol. The van der Waals surface area contributed by atoms with E-state index in [1.165, 1.54) is 25.8 Å². The molecule has 1 aromatic carbocycles. The molecule has 1 amide bonds. The molecule has 1 saturated heterocycles. The topological polar surface area (TPSA) is 44.4 Å². The van der Waals surface area contributed by atoms with Gasteiger partial charge < -0.3 is 15.5 Å². The van der Waals surface area contributed by atoms with E-state index in [2.05, 4.69) is 22.6 Å². The molecule has 0 bridgehead atoms. The Bertz CT molecular complexity index is 433. The molecule has 4 heteroatoms. The highest BCUT2D eigenvalue weighted by atomic mass is 16.1. The van der Waals surface area contributed by atoms with Gasteiger partial charge in [0.05, 0.1) is 0 Å². The summed E-state index contributed by atoms with van der Waals surface area (Å²) in [6.07, 6.45) is 3.87. The number of hydrogen-bond donors (Lipinski definition) is 2. The molecule has 1 atom stereocenters. The van der Waals surface area contributed by atoms with Gasteiger partial charge in [0.15, 0.2) is 0 Å². The molecule has 1 fully saturated rings. The van der Waals surface area contributed by atoms with Gasteiger partial charge in [-0.1, -0.05) is 12.5 Å². The van der Waals surface area contributed by atoms with Crippen LogP contribution in [0.4, 0.5) is 5.69 Å². The Morgan fingerprint density at radius 1 is 1.42 bits per heavy atom. The number of carbonyl (C=O) groups excluding carboxylic acids is 1. The van der Waals surface area contributed by atoms with Gasteiger partial charge in [0.25, 0.3) is 5.91 Å². The first-order valence-corrected chi connectivity index (χ1v) is 6.97. The van der Waals surface area contributed by atoms with E-state index in [-0.39, 0.29) is 5.91 Å². The van der Waals surface area contributed by atoms with Crippen LogP contribution in [-0.4, -0.2) is 44.0 Å². The fraction of sp³-hybridized carbons (Fsp3) is 0.533. The third-order valence-corrected chi connectivity index (χ3v) is 3.82. The fourth-order valence-corrected chi connectivity index (χ4v) is 2.55. The second kappa shape index (κ2) is 6.57. The molecule has 1 aromatic rings. The molecular formula is C15H23N3O. The molecule has 2 rings (SSSR count). The monoisotopic (exact) mass is 261 g/mol. The zero-order valence-corrected chi connectivity index (χ0v) is 11.8. The maximum absolute atomic E-state index is 11.6. The van der Waals surface area contributed by atoms with Gasteiger partial charge in [-0.05, 0) is 44.6 Å². The first-order valence-electron chi connectivity index (χ1n) is 6.97. The maximum Gasteiger partial charge on any atom is 0.251 e. The van der Waals surface area contributed by atoms with Crippen molar-refractivity contribution < 1.29 is 4.79 Å². The third-order valence-electron chi connectivity index (χ3n) is 3.82. The number of rotatable bonds is 4. The lowest BCUT2D eigenvalue weighted by Gasteiger charge is -2.32. The van der Waals surface area contributed by atoms with Crippen molar-refractivity contribution in [1.29, 1.82) is 0 Å². The van der Waals surface area contributed by atoms with Crippen molar-refractivity contribution in [3.8, 4) is 0 Å². The number of nitrogens with one attached hydrogen (secondary N) is 2. The fourth-order valence-electron chi connectivity index (χ4n) is 2.55. The van der Waals surface area contributed by atoms with E-state index in [4.69, 9.17) is 0 Å². The number of amides is 1. The lowest BCUT2D eigenvalue weighted by molar-refractivity contribution is 0.0963. The Labute approximate surface area is 115 Å². The Morgan fingerprint density at radius 3 is 3.00 bits per heavy atom. The number of hydrogen-bond acceptors (Lipinski definition) is 3. The minimum atomic E-state index is -0.0431. The zero-order chi connectivity index (χ0) is 13.7. The van der Waals surface area contributed by atoms with Crippen LogP contribution >= 0.6 is 0 Å². The normalized spacial score (nSPS) is 20.0. The predicted octanol–water partition coefficient (Wildman–Crippen LogP) is 1.94. The summed E-state index contributed by atoms with van der Waals surface area (Å²) in [5.74, 6) is -0.0431. The summed E-state index contributed by atoms with van der Waals surface area (Å²) in [4.78, 5) is 14.0. The van der Waals surface area contributed by atoms with Crippen molar-refractivity contribution in [2.45, 2.75) is 25.3 Å². The van der Waals surface area contributed by atoms with Crippen molar-refractivity contribution in [2.75, 3.05) is 32.5 Å². The van der Waals surface area contributed by atoms with Crippen molar-refractivity contribution in [2.24, 2.45) is 0 Å². The zero-order valence-electron chi connectivity index (χ0n) is 11.8.